The van der Waals surface area contributed by atoms with Crippen molar-refractivity contribution in [3.05, 3.63) is 23.5 Å². The van der Waals surface area contributed by atoms with Gasteiger partial charge in [0.1, 0.15) is 0 Å². The van der Waals surface area contributed by atoms with Crippen molar-refractivity contribution in [2.45, 2.75) is 6.54 Å². The number of ether oxygens (including phenoxy) is 1. The molecule has 0 heterocycles. The Labute approximate surface area is 74.5 Å². The van der Waals surface area contributed by atoms with Crippen LogP contribution in [0.5, 0.6) is 11.5 Å². The molecule has 5 heteroatoms. The van der Waals surface area contributed by atoms with Crippen LogP contribution in [0.3, 0.4) is 0 Å². The van der Waals surface area contributed by atoms with Crippen LogP contribution in [-0.4, -0.2) is 17.4 Å². The number of hydroxylamine groups is 1. The third kappa shape index (κ3) is 1.88. The van der Waals surface area contributed by atoms with E-state index in [0.29, 0.717) is 0 Å². The highest BCUT2D eigenvalue weighted by Crippen LogP contribution is 2.30. The molecule has 0 saturated carbocycles. The zero-order valence-electron chi connectivity index (χ0n) is 7.04. The summed E-state index contributed by atoms with van der Waals surface area (Å²) in [6.45, 7) is -0.0392. The number of phenolic OH excluding ortho intramolecular Hbond substituents is 1. The molecular formula is C8H10FNO3. The monoisotopic (exact) mass is 187 g/mol. The van der Waals surface area contributed by atoms with Gasteiger partial charge in [0.15, 0.2) is 17.3 Å². The molecule has 0 fully saturated rings. The molecule has 0 radical (unpaired) electrons. The number of phenols is 1. The maximum absolute atomic E-state index is 13.3. The fourth-order valence-corrected chi connectivity index (χ4v) is 1.00. The third-order valence-corrected chi connectivity index (χ3v) is 1.63. The Kier molecular flexibility index (Phi) is 3.05. The largest absolute Gasteiger partial charge is 0.504 e. The highest BCUT2D eigenvalue weighted by atomic mass is 19.1. The van der Waals surface area contributed by atoms with Crippen LogP contribution in [0.25, 0.3) is 0 Å². The zero-order valence-corrected chi connectivity index (χ0v) is 7.04. The third-order valence-electron chi connectivity index (χ3n) is 1.63. The van der Waals surface area contributed by atoms with E-state index in [4.69, 9.17) is 10.3 Å². The number of halogens is 1. The molecule has 0 aliphatic carbocycles. The lowest BCUT2D eigenvalue weighted by Gasteiger charge is -2.07. The number of methoxy groups -OCH3 is 1. The SMILES string of the molecule is COc1c(O)ccc(CNO)c1F. The first kappa shape index (κ1) is 9.76. The molecule has 4 nitrogen and oxygen atoms in total. The summed E-state index contributed by atoms with van der Waals surface area (Å²) in [5, 5.41) is 17.5. The maximum atomic E-state index is 13.3. The smallest absolute Gasteiger partial charge is 0.196 e. The van der Waals surface area contributed by atoms with Gasteiger partial charge in [-0.25, -0.2) is 9.87 Å². The minimum Gasteiger partial charge on any atom is -0.504 e. The molecule has 0 aliphatic heterocycles. The van der Waals surface area contributed by atoms with Crippen molar-refractivity contribution in [1.29, 1.82) is 0 Å². The average Bonchev–Trinajstić information content (AvgIpc) is 2.11. The molecule has 0 aromatic heterocycles. The maximum Gasteiger partial charge on any atom is 0.196 e. The Balaban J connectivity index is 3.11. The van der Waals surface area contributed by atoms with Gasteiger partial charge in [-0.3, -0.25) is 0 Å². The van der Waals surface area contributed by atoms with Gasteiger partial charge in [0.2, 0.25) is 0 Å². The molecule has 1 rings (SSSR count). The predicted octanol–water partition coefficient (Wildman–Crippen LogP) is 1.02. The molecule has 1 aromatic rings. The lowest BCUT2D eigenvalue weighted by Crippen LogP contribution is -2.08. The molecule has 0 spiro atoms. The lowest BCUT2D eigenvalue weighted by molar-refractivity contribution is 0.159. The topological polar surface area (TPSA) is 61.7 Å². The minimum absolute atomic E-state index is 0.0392. The van der Waals surface area contributed by atoms with Gasteiger partial charge in [0.05, 0.1) is 7.11 Å². The Hall–Kier alpha value is -1.33. The van der Waals surface area contributed by atoms with Gasteiger partial charge < -0.3 is 15.1 Å². The molecule has 0 aliphatic rings. The van der Waals surface area contributed by atoms with Crippen LogP contribution in [0.2, 0.25) is 0 Å². The number of nitrogens with one attached hydrogen (secondary N) is 1. The Morgan fingerprint density at radius 1 is 1.54 bits per heavy atom. The summed E-state index contributed by atoms with van der Waals surface area (Å²) in [6.07, 6.45) is 0. The summed E-state index contributed by atoms with van der Waals surface area (Å²) in [5.74, 6) is -1.15. The number of hydrogen-bond donors (Lipinski definition) is 3. The van der Waals surface area contributed by atoms with Gasteiger partial charge >= 0.3 is 0 Å². The van der Waals surface area contributed by atoms with E-state index in [2.05, 4.69) is 4.74 Å². The molecule has 0 saturated heterocycles. The quantitative estimate of drug-likeness (QED) is 0.618. The number of benzene rings is 1. The van der Waals surface area contributed by atoms with Crippen molar-refractivity contribution in [2.75, 3.05) is 7.11 Å². The normalized spacial score (nSPS) is 10.1. The second-order valence-corrected chi connectivity index (χ2v) is 2.43. The second kappa shape index (κ2) is 4.06. The minimum atomic E-state index is -0.677. The standard InChI is InChI=1S/C8H10FNO3/c1-13-8-6(11)3-2-5(4-10-12)7(8)9/h2-3,10-12H,4H2,1H3. The summed E-state index contributed by atoms with van der Waals surface area (Å²) in [6, 6.07) is 2.66. The van der Waals surface area contributed by atoms with Crippen molar-refractivity contribution >= 4 is 0 Å². The van der Waals surface area contributed by atoms with E-state index in [9.17, 15) is 4.39 Å². The van der Waals surface area contributed by atoms with Crippen LogP contribution < -0.4 is 10.2 Å². The summed E-state index contributed by atoms with van der Waals surface area (Å²) >= 11 is 0. The molecule has 0 atom stereocenters. The first-order valence-electron chi connectivity index (χ1n) is 3.62. The Bertz CT molecular complexity index is 304. The van der Waals surface area contributed by atoms with Crippen LogP contribution in [-0.2, 0) is 6.54 Å². The molecule has 1 aromatic carbocycles. The molecule has 72 valence electrons. The van der Waals surface area contributed by atoms with E-state index >= 15 is 0 Å². The van der Waals surface area contributed by atoms with E-state index in [1.165, 1.54) is 19.2 Å². The van der Waals surface area contributed by atoms with Crippen molar-refractivity contribution in [3.8, 4) is 11.5 Å². The van der Waals surface area contributed by atoms with Crippen LogP contribution in [0, 0.1) is 5.82 Å². The highest BCUT2D eigenvalue weighted by molar-refractivity contribution is 5.43. The van der Waals surface area contributed by atoms with Crippen molar-refractivity contribution in [1.82, 2.24) is 5.48 Å². The predicted molar refractivity (Wildman–Crippen MR) is 43.2 cm³/mol. The van der Waals surface area contributed by atoms with Crippen LogP contribution >= 0.6 is 0 Å². The fraction of sp³-hybridized carbons (Fsp3) is 0.250. The number of aromatic hydroxyl groups is 1. The Morgan fingerprint density at radius 2 is 2.23 bits per heavy atom. The first-order valence-corrected chi connectivity index (χ1v) is 3.62. The van der Waals surface area contributed by atoms with Crippen molar-refractivity contribution in [2.24, 2.45) is 0 Å². The second-order valence-electron chi connectivity index (χ2n) is 2.43. The molecule has 0 unspecified atom stereocenters. The van der Waals surface area contributed by atoms with E-state index < -0.39 is 5.82 Å². The number of rotatable bonds is 3. The van der Waals surface area contributed by atoms with Crippen LogP contribution in [0.1, 0.15) is 5.56 Å². The molecule has 13 heavy (non-hydrogen) atoms. The van der Waals surface area contributed by atoms with E-state index in [1.807, 2.05) is 5.48 Å². The van der Waals surface area contributed by atoms with Gasteiger partial charge in [-0.15, -0.1) is 0 Å². The average molecular weight is 187 g/mol. The zero-order chi connectivity index (χ0) is 9.84. The summed E-state index contributed by atoms with van der Waals surface area (Å²) in [5.41, 5.74) is 2.04. The van der Waals surface area contributed by atoms with Crippen molar-refractivity contribution < 1.29 is 19.4 Å². The Morgan fingerprint density at radius 3 is 2.77 bits per heavy atom. The molecule has 0 bridgehead atoms. The van der Waals surface area contributed by atoms with Gasteiger partial charge in [-0.2, -0.15) is 0 Å². The van der Waals surface area contributed by atoms with E-state index in [-0.39, 0.29) is 23.6 Å². The number of hydrogen-bond acceptors (Lipinski definition) is 4. The summed E-state index contributed by atoms with van der Waals surface area (Å²) < 4.78 is 17.9. The van der Waals surface area contributed by atoms with Crippen molar-refractivity contribution in [3.63, 3.8) is 0 Å². The van der Waals surface area contributed by atoms with Gasteiger partial charge in [-0.1, -0.05) is 6.07 Å². The molecule has 3 N–H and O–H groups in total. The summed E-state index contributed by atoms with van der Waals surface area (Å²) in [4.78, 5) is 0. The van der Waals surface area contributed by atoms with E-state index in [0.717, 1.165) is 0 Å². The van der Waals surface area contributed by atoms with Gasteiger partial charge in [-0.05, 0) is 6.07 Å². The highest BCUT2D eigenvalue weighted by Gasteiger charge is 2.12. The van der Waals surface area contributed by atoms with Gasteiger partial charge in [0.25, 0.3) is 0 Å². The van der Waals surface area contributed by atoms with Crippen LogP contribution in [0.4, 0.5) is 4.39 Å². The fourth-order valence-electron chi connectivity index (χ4n) is 1.00. The van der Waals surface area contributed by atoms with E-state index in [1.54, 1.807) is 0 Å². The van der Waals surface area contributed by atoms with Crippen LogP contribution in [0.15, 0.2) is 12.1 Å². The molecular weight excluding hydrogens is 177 g/mol. The summed E-state index contributed by atoms with van der Waals surface area (Å²) in [7, 11) is 1.26. The lowest BCUT2D eigenvalue weighted by atomic mass is 10.2. The molecule has 0 amide bonds. The van der Waals surface area contributed by atoms with Gasteiger partial charge in [0, 0.05) is 12.1 Å². The first-order chi connectivity index (χ1) is 6.20.